The van der Waals surface area contributed by atoms with Crippen molar-refractivity contribution < 1.29 is 9.59 Å². The summed E-state index contributed by atoms with van der Waals surface area (Å²) in [6.07, 6.45) is 0. The SMILES string of the molecule is CC(=O)C1=C(C)NC(SCC(=O)c2cc(Cl)ccc2Cl)=C(C#N)[C@@H]1c1cccc(C)c1. The van der Waals surface area contributed by atoms with Crippen molar-refractivity contribution >= 4 is 46.5 Å². The smallest absolute Gasteiger partial charge is 0.174 e. The normalized spacial score (nSPS) is 16.1. The standard InChI is InChI=1S/C24H20Cl2N2O2S/c1-13-5-4-6-16(9-13)23-19(11-27)24(28-14(2)22(23)15(3)29)31-12-21(30)18-10-17(25)7-8-20(18)26/h4-10,23,28H,12H2,1-3H3/t23-/m0/s1. The zero-order valence-corrected chi connectivity index (χ0v) is 19.6. The first-order valence-corrected chi connectivity index (χ1v) is 11.3. The molecule has 0 aromatic heterocycles. The van der Waals surface area contributed by atoms with E-state index >= 15 is 0 Å². The van der Waals surface area contributed by atoms with Crippen molar-refractivity contribution in [3.05, 3.63) is 91.1 Å². The molecule has 1 aliphatic heterocycles. The predicted molar refractivity (Wildman–Crippen MR) is 126 cm³/mol. The Labute approximate surface area is 195 Å². The van der Waals surface area contributed by atoms with Gasteiger partial charge in [0.15, 0.2) is 11.6 Å². The van der Waals surface area contributed by atoms with Gasteiger partial charge in [0, 0.05) is 21.9 Å². The molecule has 0 amide bonds. The number of aryl methyl sites for hydroxylation is 1. The van der Waals surface area contributed by atoms with Crippen LogP contribution in [-0.2, 0) is 4.79 Å². The highest BCUT2D eigenvalue weighted by atomic mass is 35.5. The highest BCUT2D eigenvalue weighted by molar-refractivity contribution is 8.03. The minimum atomic E-state index is -0.490. The maximum Gasteiger partial charge on any atom is 0.174 e. The van der Waals surface area contributed by atoms with Crippen LogP contribution in [0, 0.1) is 18.3 Å². The molecule has 158 valence electrons. The van der Waals surface area contributed by atoms with E-state index in [1.165, 1.54) is 24.8 Å². The molecule has 0 radical (unpaired) electrons. The molecule has 1 heterocycles. The van der Waals surface area contributed by atoms with Gasteiger partial charge in [-0.1, -0.05) is 64.8 Å². The number of nitrogens with one attached hydrogen (secondary N) is 1. The van der Waals surface area contributed by atoms with E-state index in [1.807, 2.05) is 38.1 Å². The molecule has 2 aromatic rings. The first-order valence-electron chi connectivity index (χ1n) is 9.53. The molecule has 0 bridgehead atoms. The lowest BCUT2D eigenvalue weighted by atomic mass is 9.80. The number of carbonyl (C=O) groups excluding carboxylic acids is 2. The highest BCUT2D eigenvalue weighted by Crippen LogP contribution is 2.41. The van der Waals surface area contributed by atoms with Gasteiger partial charge in [-0.25, -0.2) is 0 Å². The van der Waals surface area contributed by atoms with E-state index in [0.29, 0.717) is 37.5 Å². The van der Waals surface area contributed by atoms with Crippen molar-refractivity contribution in [1.82, 2.24) is 5.32 Å². The molecule has 1 atom stereocenters. The van der Waals surface area contributed by atoms with Gasteiger partial charge in [0.05, 0.1) is 33.4 Å². The van der Waals surface area contributed by atoms with Gasteiger partial charge in [-0.3, -0.25) is 9.59 Å². The fourth-order valence-corrected chi connectivity index (χ4v) is 4.97. The highest BCUT2D eigenvalue weighted by Gasteiger charge is 2.33. The average Bonchev–Trinajstić information content (AvgIpc) is 2.72. The van der Waals surface area contributed by atoms with Crippen LogP contribution in [0.4, 0.5) is 0 Å². The van der Waals surface area contributed by atoms with Crippen molar-refractivity contribution in [2.45, 2.75) is 26.7 Å². The van der Waals surface area contributed by atoms with Crippen LogP contribution < -0.4 is 5.32 Å². The Morgan fingerprint density at radius 3 is 2.55 bits per heavy atom. The summed E-state index contributed by atoms with van der Waals surface area (Å²) in [5.74, 6) is -0.724. The van der Waals surface area contributed by atoms with E-state index in [0.717, 1.165) is 11.1 Å². The summed E-state index contributed by atoms with van der Waals surface area (Å²) in [6.45, 7) is 5.28. The molecule has 0 aliphatic carbocycles. The molecule has 4 nitrogen and oxygen atoms in total. The van der Waals surface area contributed by atoms with Crippen molar-refractivity contribution in [3.63, 3.8) is 0 Å². The topological polar surface area (TPSA) is 70.0 Å². The van der Waals surface area contributed by atoms with Gasteiger partial charge in [0.25, 0.3) is 0 Å². The Morgan fingerprint density at radius 2 is 1.90 bits per heavy atom. The lowest BCUT2D eigenvalue weighted by Gasteiger charge is -2.29. The molecule has 1 aliphatic rings. The van der Waals surface area contributed by atoms with E-state index in [4.69, 9.17) is 23.2 Å². The minimum absolute atomic E-state index is 0.0663. The number of dihydropyridines is 1. The van der Waals surface area contributed by atoms with Gasteiger partial charge in [-0.05, 0) is 44.5 Å². The third-order valence-electron chi connectivity index (χ3n) is 4.98. The number of allylic oxidation sites excluding steroid dienone is 3. The van der Waals surface area contributed by atoms with E-state index in [2.05, 4.69) is 11.4 Å². The summed E-state index contributed by atoms with van der Waals surface area (Å²) in [5.41, 5.74) is 3.88. The molecule has 0 fully saturated rings. The molecule has 7 heteroatoms. The average molecular weight is 471 g/mol. The second-order valence-electron chi connectivity index (χ2n) is 7.26. The molecule has 0 saturated heterocycles. The maximum atomic E-state index is 12.7. The van der Waals surface area contributed by atoms with Crippen LogP contribution in [0.2, 0.25) is 10.0 Å². The van der Waals surface area contributed by atoms with E-state index < -0.39 is 5.92 Å². The first-order chi connectivity index (χ1) is 14.7. The number of Topliss-reactive ketones (excluding diaryl/α,β-unsaturated/α-hetero) is 2. The number of ketones is 2. The van der Waals surface area contributed by atoms with Gasteiger partial charge in [-0.2, -0.15) is 5.26 Å². The summed E-state index contributed by atoms with van der Waals surface area (Å²) in [4.78, 5) is 25.2. The van der Waals surface area contributed by atoms with Crippen LogP contribution in [0.5, 0.6) is 0 Å². The quantitative estimate of drug-likeness (QED) is 0.508. The number of hydrogen-bond acceptors (Lipinski definition) is 5. The summed E-state index contributed by atoms with van der Waals surface area (Å²) < 4.78 is 0. The monoisotopic (exact) mass is 470 g/mol. The molecule has 2 aromatic carbocycles. The fourth-order valence-electron chi connectivity index (χ4n) is 3.60. The van der Waals surface area contributed by atoms with Crippen LogP contribution in [0.3, 0.4) is 0 Å². The van der Waals surface area contributed by atoms with E-state index in [1.54, 1.807) is 12.1 Å². The Hall–Kier alpha value is -2.52. The third kappa shape index (κ3) is 5.04. The molecule has 0 saturated carbocycles. The molecule has 0 spiro atoms. The zero-order valence-electron chi connectivity index (χ0n) is 17.3. The number of hydrogen-bond donors (Lipinski definition) is 1. The van der Waals surface area contributed by atoms with E-state index in [9.17, 15) is 14.9 Å². The van der Waals surface area contributed by atoms with Crippen molar-refractivity contribution in [2.75, 3.05) is 5.75 Å². The fraction of sp³-hybridized carbons (Fsp3) is 0.208. The van der Waals surface area contributed by atoms with Gasteiger partial charge in [-0.15, -0.1) is 0 Å². The number of rotatable bonds is 6. The van der Waals surface area contributed by atoms with Crippen LogP contribution in [0.15, 0.2) is 64.3 Å². The number of nitrogens with zero attached hydrogens (tertiary/aromatic N) is 1. The Morgan fingerprint density at radius 1 is 1.16 bits per heavy atom. The lowest BCUT2D eigenvalue weighted by molar-refractivity contribution is -0.113. The lowest BCUT2D eigenvalue weighted by Crippen LogP contribution is -2.27. The van der Waals surface area contributed by atoms with E-state index in [-0.39, 0.29) is 17.3 Å². The van der Waals surface area contributed by atoms with Crippen molar-refractivity contribution in [2.24, 2.45) is 0 Å². The predicted octanol–water partition coefficient (Wildman–Crippen LogP) is 6.20. The Bertz CT molecular complexity index is 1180. The summed E-state index contributed by atoms with van der Waals surface area (Å²) >= 11 is 13.4. The maximum absolute atomic E-state index is 12.7. The second kappa shape index (κ2) is 9.74. The van der Waals surface area contributed by atoms with Crippen LogP contribution in [-0.4, -0.2) is 17.3 Å². The number of nitriles is 1. The molecular weight excluding hydrogens is 451 g/mol. The van der Waals surface area contributed by atoms with Gasteiger partial charge in [0.2, 0.25) is 0 Å². The number of benzene rings is 2. The summed E-state index contributed by atoms with van der Waals surface area (Å²) in [6, 6.07) is 14.8. The first kappa shape index (κ1) is 23.1. The molecule has 31 heavy (non-hydrogen) atoms. The third-order valence-corrected chi connectivity index (χ3v) is 6.56. The Kier molecular flexibility index (Phi) is 7.27. The van der Waals surface area contributed by atoms with Crippen molar-refractivity contribution in [3.8, 4) is 6.07 Å². The summed E-state index contributed by atoms with van der Waals surface area (Å²) in [7, 11) is 0. The zero-order chi connectivity index (χ0) is 22.7. The molecule has 1 N–H and O–H groups in total. The van der Waals surface area contributed by atoms with Crippen LogP contribution >= 0.6 is 35.0 Å². The minimum Gasteiger partial charge on any atom is -0.353 e. The second-order valence-corrected chi connectivity index (χ2v) is 9.09. The van der Waals surface area contributed by atoms with Crippen LogP contribution in [0.25, 0.3) is 0 Å². The summed E-state index contributed by atoms with van der Waals surface area (Å²) in [5, 5.41) is 14.5. The van der Waals surface area contributed by atoms with Gasteiger partial charge < -0.3 is 5.32 Å². The molecular formula is C24H20Cl2N2O2S. The molecule has 3 rings (SSSR count). The van der Waals surface area contributed by atoms with Crippen LogP contribution in [0.1, 0.15) is 41.3 Å². The molecule has 0 unspecified atom stereocenters. The number of halogens is 2. The Balaban J connectivity index is 1.98. The largest absolute Gasteiger partial charge is 0.353 e. The number of thioether (sulfide) groups is 1. The van der Waals surface area contributed by atoms with Gasteiger partial charge in [0.1, 0.15) is 0 Å². The number of carbonyl (C=O) groups is 2. The van der Waals surface area contributed by atoms with Gasteiger partial charge >= 0.3 is 0 Å². The van der Waals surface area contributed by atoms with Crippen molar-refractivity contribution in [1.29, 1.82) is 5.26 Å².